The maximum absolute atomic E-state index is 12.5. The van der Waals surface area contributed by atoms with Crippen molar-refractivity contribution < 1.29 is 18.3 Å². The van der Waals surface area contributed by atoms with Gasteiger partial charge in [-0.05, 0) is 19.4 Å². The van der Waals surface area contributed by atoms with Gasteiger partial charge in [0.2, 0.25) is 0 Å². The molecule has 1 aromatic heterocycles. The quantitative estimate of drug-likeness (QED) is 0.857. The lowest BCUT2D eigenvalue weighted by molar-refractivity contribution is -0.137. The minimum atomic E-state index is -4.14. The number of halogens is 3. The van der Waals surface area contributed by atoms with E-state index in [9.17, 15) is 18.3 Å². The van der Waals surface area contributed by atoms with Crippen molar-refractivity contribution >= 4 is 11.8 Å². The molecule has 0 saturated carbocycles. The minimum absolute atomic E-state index is 0.000867. The van der Waals surface area contributed by atoms with Gasteiger partial charge in [-0.3, -0.25) is 4.99 Å². The first-order valence-electron chi connectivity index (χ1n) is 8.70. The fourth-order valence-electron chi connectivity index (χ4n) is 3.90. The van der Waals surface area contributed by atoms with Crippen molar-refractivity contribution in [2.75, 3.05) is 24.5 Å². The standard InChI is InChI=1S/C17H20F3N5O/c1-10(26)16-23-13-8-22-15-12(2-5-21-15)14(13)25(16)11-3-6-24(9-11)7-4-17(18,19)20/h2,5,8,10-11,16,26H,3-4,6-7,9H2,1H3/t10-,11+,16?/m1/s1. The van der Waals surface area contributed by atoms with E-state index < -0.39 is 24.9 Å². The molecule has 1 saturated heterocycles. The Morgan fingerprint density at radius 3 is 2.92 bits per heavy atom. The summed E-state index contributed by atoms with van der Waals surface area (Å²) in [5.74, 6) is 0. The number of aromatic nitrogens is 1. The average Bonchev–Trinajstić information content (AvgIpc) is 3.28. The monoisotopic (exact) mass is 367 g/mol. The first-order valence-corrected chi connectivity index (χ1v) is 8.70. The summed E-state index contributed by atoms with van der Waals surface area (Å²) in [6.45, 7) is 2.80. The summed E-state index contributed by atoms with van der Waals surface area (Å²) < 4.78 is 37.5. The molecule has 1 N–H and O–H groups in total. The predicted octanol–water partition coefficient (Wildman–Crippen LogP) is 0.859. The van der Waals surface area contributed by atoms with Gasteiger partial charge in [-0.2, -0.15) is 13.2 Å². The Hall–Kier alpha value is -2.00. The summed E-state index contributed by atoms with van der Waals surface area (Å²) in [4.78, 5) is 17.0. The molecule has 3 aliphatic heterocycles. The van der Waals surface area contributed by atoms with Gasteiger partial charge in [0.25, 0.3) is 0 Å². The molecule has 0 aromatic carbocycles. The van der Waals surface area contributed by atoms with Crippen LogP contribution in [0.3, 0.4) is 0 Å². The van der Waals surface area contributed by atoms with Gasteiger partial charge in [-0.15, -0.1) is 0 Å². The summed E-state index contributed by atoms with van der Waals surface area (Å²) in [5, 5.41) is 10.9. The number of alkyl halides is 3. The molecule has 0 spiro atoms. The lowest BCUT2D eigenvalue weighted by Gasteiger charge is -2.34. The Balaban J connectivity index is 1.60. The van der Waals surface area contributed by atoms with E-state index in [-0.39, 0.29) is 12.6 Å². The van der Waals surface area contributed by atoms with Crippen molar-refractivity contribution in [3.63, 3.8) is 0 Å². The third-order valence-corrected chi connectivity index (χ3v) is 5.08. The molecule has 9 heteroatoms. The van der Waals surface area contributed by atoms with Gasteiger partial charge in [-0.1, -0.05) is 0 Å². The summed E-state index contributed by atoms with van der Waals surface area (Å²) in [6.07, 6.45) is -0.189. The first kappa shape index (κ1) is 17.4. The number of rotatable bonds is 4. The van der Waals surface area contributed by atoms with Crippen LogP contribution in [0.25, 0.3) is 6.08 Å². The molecule has 4 heterocycles. The first-order chi connectivity index (χ1) is 12.3. The molecule has 0 amide bonds. The third kappa shape index (κ3) is 3.09. The summed E-state index contributed by atoms with van der Waals surface area (Å²) in [5.41, 5.74) is 2.35. The molecule has 26 heavy (non-hydrogen) atoms. The molecular formula is C17H20F3N5O. The van der Waals surface area contributed by atoms with Crippen LogP contribution >= 0.6 is 0 Å². The largest absolute Gasteiger partial charge is 0.390 e. The molecule has 4 rings (SSSR count). The molecule has 0 radical (unpaired) electrons. The van der Waals surface area contributed by atoms with E-state index in [0.717, 1.165) is 17.7 Å². The van der Waals surface area contributed by atoms with Gasteiger partial charge in [0.1, 0.15) is 11.5 Å². The Kier molecular flexibility index (Phi) is 4.23. The zero-order chi connectivity index (χ0) is 18.5. The van der Waals surface area contributed by atoms with E-state index in [1.165, 1.54) is 0 Å². The lowest BCUT2D eigenvalue weighted by Crippen LogP contribution is -2.47. The number of pyridine rings is 1. The van der Waals surface area contributed by atoms with Crippen LogP contribution in [-0.2, 0) is 0 Å². The van der Waals surface area contributed by atoms with E-state index >= 15 is 0 Å². The number of hydrogen-bond acceptors (Lipinski definition) is 6. The Labute approximate surface area is 148 Å². The van der Waals surface area contributed by atoms with Crippen molar-refractivity contribution in [2.24, 2.45) is 9.98 Å². The maximum Gasteiger partial charge on any atom is 0.390 e. The van der Waals surface area contributed by atoms with Crippen molar-refractivity contribution in [1.82, 2.24) is 9.88 Å². The second-order valence-electron chi connectivity index (χ2n) is 6.97. The number of anilines is 1. The van der Waals surface area contributed by atoms with Crippen LogP contribution in [0.5, 0.6) is 0 Å². The fourth-order valence-corrected chi connectivity index (χ4v) is 3.90. The maximum atomic E-state index is 12.5. The van der Waals surface area contributed by atoms with E-state index in [1.54, 1.807) is 19.3 Å². The van der Waals surface area contributed by atoms with Crippen LogP contribution < -0.4 is 15.7 Å². The molecule has 3 aliphatic rings. The zero-order valence-electron chi connectivity index (χ0n) is 14.3. The van der Waals surface area contributed by atoms with E-state index in [0.29, 0.717) is 23.9 Å². The molecule has 1 fully saturated rings. The fraction of sp³-hybridized carbons (Fsp3) is 0.588. The molecule has 3 atom stereocenters. The Morgan fingerprint density at radius 2 is 2.19 bits per heavy atom. The van der Waals surface area contributed by atoms with Crippen molar-refractivity contribution in [3.05, 3.63) is 28.8 Å². The number of aliphatic hydroxyl groups is 1. The number of hydrogen-bond donors (Lipinski definition) is 1. The third-order valence-electron chi connectivity index (χ3n) is 5.08. The van der Waals surface area contributed by atoms with Crippen molar-refractivity contribution in [2.45, 2.75) is 44.3 Å². The highest BCUT2D eigenvalue weighted by molar-refractivity contribution is 5.70. The van der Waals surface area contributed by atoms with Gasteiger partial charge >= 0.3 is 6.18 Å². The normalized spacial score (nSPS) is 25.8. The summed E-state index contributed by atoms with van der Waals surface area (Å²) >= 11 is 0. The topological polar surface area (TPSA) is 64.3 Å². The van der Waals surface area contributed by atoms with Gasteiger partial charge < -0.3 is 14.9 Å². The van der Waals surface area contributed by atoms with Crippen LogP contribution in [0, 0.1) is 0 Å². The molecule has 0 aliphatic carbocycles. The minimum Gasteiger partial charge on any atom is -0.389 e. The number of nitrogens with zero attached hydrogens (tertiary/aromatic N) is 5. The smallest absolute Gasteiger partial charge is 0.389 e. The van der Waals surface area contributed by atoms with Crippen LogP contribution in [0.1, 0.15) is 25.3 Å². The number of fused-ring (bicyclic) bond motifs is 3. The second-order valence-corrected chi connectivity index (χ2v) is 6.97. The molecule has 140 valence electrons. The van der Waals surface area contributed by atoms with Gasteiger partial charge in [0.05, 0.1) is 24.4 Å². The van der Waals surface area contributed by atoms with Gasteiger partial charge in [0, 0.05) is 37.4 Å². The lowest BCUT2D eigenvalue weighted by atomic mass is 10.1. The molecule has 6 nitrogen and oxygen atoms in total. The van der Waals surface area contributed by atoms with Crippen LogP contribution in [0.2, 0.25) is 0 Å². The Bertz CT molecular complexity index is 851. The van der Waals surface area contributed by atoms with Crippen LogP contribution in [0.15, 0.2) is 22.4 Å². The summed E-state index contributed by atoms with van der Waals surface area (Å²) in [7, 11) is 0. The van der Waals surface area contributed by atoms with Gasteiger partial charge in [-0.25, -0.2) is 9.98 Å². The molecule has 0 bridgehead atoms. The highest BCUT2D eigenvalue weighted by Crippen LogP contribution is 2.31. The summed E-state index contributed by atoms with van der Waals surface area (Å²) in [6, 6.07) is -0.00617. The number of aliphatic hydroxyl groups excluding tert-OH is 1. The zero-order valence-corrected chi connectivity index (χ0v) is 14.3. The van der Waals surface area contributed by atoms with Crippen LogP contribution in [0.4, 0.5) is 18.9 Å². The molecule has 1 unspecified atom stereocenters. The van der Waals surface area contributed by atoms with Gasteiger partial charge in [0.15, 0.2) is 5.49 Å². The average molecular weight is 367 g/mol. The predicted molar refractivity (Wildman–Crippen MR) is 89.0 cm³/mol. The highest BCUT2D eigenvalue weighted by Gasteiger charge is 2.40. The van der Waals surface area contributed by atoms with E-state index in [4.69, 9.17) is 0 Å². The SMILES string of the molecule is C[C@@H](O)C1N=c2cnc3c(c2N1[C@H]1CCN(CCC(F)(F)F)C1)C=CN=3. The Morgan fingerprint density at radius 1 is 1.38 bits per heavy atom. The van der Waals surface area contributed by atoms with E-state index in [2.05, 4.69) is 19.9 Å². The molecule has 1 aromatic rings. The van der Waals surface area contributed by atoms with Crippen molar-refractivity contribution in [1.29, 1.82) is 0 Å². The molecular weight excluding hydrogens is 347 g/mol. The van der Waals surface area contributed by atoms with E-state index in [1.807, 2.05) is 11.0 Å². The second kappa shape index (κ2) is 6.31. The van der Waals surface area contributed by atoms with Crippen LogP contribution in [-0.4, -0.2) is 59.1 Å². The highest BCUT2D eigenvalue weighted by atomic mass is 19.4. The van der Waals surface area contributed by atoms with Crippen molar-refractivity contribution in [3.8, 4) is 0 Å². The number of likely N-dealkylation sites (tertiary alicyclic amines) is 1.